The molecule has 138 valence electrons. The first-order valence-corrected chi connectivity index (χ1v) is 9.82. The van der Waals surface area contributed by atoms with Crippen LogP contribution in [0.4, 0.5) is 0 Å². The van der Waals surface area contributed by atoms with Gasteiger partial charge in [0.05, 0.1) is 5.57 Å². The Balaban J connectivity index is 1.41. The number of furan rings is 2. The average Bonchev–Trinajstić information content (AvgIpc) is 3.48. The Hall–Kier alpha value is -3.77. The van der Waals surface area contributed by atoms with Crippen LogP contribution in [0.5, 0.6) is 0 Å². The van der Waals surface area contributed by atoms with E-state index in [9.17, 15) is 9.59 Å². The highest BCUT2D eigenvalue weighted by Crippen LogP contribution is 2.34. The van der Waals surface area contributed by atoms with Gasteiger partial charge in [-0.3, -0.25) is 9.59 Å². The van der Waals surface area contributed by atoms with E-state index in [0.29, 0.717) is 33.8 Å². The zero-order valence-electron chi connectivity index (χ0n) is 14.8. The van der Waals surface area contributed by atoms with Crippen LogP contribution in [0.25, 0.3) is 38.8 Å². The molecule has 0 radical (unpaired) electrons. The number of hydrogen-bond acceptors (Lipinski definition) is 6. The summed E-state index contributed by atoms with van der Waals surface area (Å²) in [6.45, 7) is 0. The Morgan fingerprint density at radius 2 is 1.55 bits per heavy atom. The van der Waals surface area contributed by atoms with E-state index in [-0.39, 0.29) is 17.1 Å². The van der Waals surface area contributed by atoms with Crippen molar-refractivity contribution in [1.29, 1.82) is 0 Å². The molecular formula is C23H11NO4S. The first-order chi connectivity index (χ1) is 14.2. The fraction of sp³-hybridized carbons (Fsp3) is 0. The van der Waals surface area contributed by atoms with Crippen molar-refractivity contribution in [3.8, 4) is 10.8 Å². The van der Waals surface area contributed by atoms with E-state index < -0.39 is 0 Å². The van der Waals surface area contributed by atoms with Crippen molar-refractivity contribution in [1.82, 2.24) is 4.98 Å². The van der Waals surface area contributed by atoms with Crippen molar-refractivity contribution in [2.45, 2.75) is 0 Å². The Bertz CT molecular complexity index is 1400. The fourth-order valence-corrected chi connectivity index (χ4v) is 4.25. The van der Waals surface area contributed by atoms with Crippen LogP contribution < -0.4 is 0 Å². The molecule has 1 aliphatic rings. The minimum atomic E-state index is -0.285. The molecule has 3 aromatic heterocycles. The lowest BCUT2D eigenvalue weighted by Gasteiger charge is -2.00. The lowest BCUT2D eigenvalue weighted by atomic mass is 10.0. The standard InChI is InChI=1S/C23H11NO4S/c25-21-15-7-12-3-1-2-4-13(12)8-16(15)22(26)17(21)9-14-10-18-19(27-14)11-20(28-18)23-24-5-6-29-23/h1-11H. The third-order valence-corrected chi connectivity index (χ3v) is 5.81. The predicted octanol–water partition coefficient (Wildman–Crippen LogP) is 5.77. The number of nitrogens with zero attached hydrogens (tertiary/aromatic N) is 1. The molecule has 2 aromatic carbocycles. The van der Waals surface area contributed by atoms with E-state index in [1.54, 1.807) is 30.5 Å². The van der Waals surface area contributed by atoms with Gasteiger partial charge in [-0.05, 0) is 29.0 Å². The molecule has 0 unspecified atom stereocenters. The molecule has 0 saturated carbocycles. The number of thiazole rings is 1. The Kier molecular flexibility index (Phi) is 3.28. The molecule has 5 aromatic rings. The number of benzene rings is 2. The van der Waals surface area contributed by atoms with Crippen LogP contribution in [-0.2, 0) is 0 Å². The Morgan fingerprint density at radius 3 is 2.17 bits per heavy atom. The lowest BCUT2D eigenvalue weighted by molar-refractivity contribution is 0.0990. The highest BCUT2D eigenvalue weighted by molar-refractivity contribution is 7.13. The number of allylic oxidation sites excluding steroid dienone is 1. The molecule has 0 aliphatic heterocycles. The topological polar surface area (TPSA) is 73.3 Å². The number of aromatic nitrogens is 1. The normalized spacial score (nSPS) is 13.6. The maximum atomic E-state index is 12.9. The highest BCUT2D eigenvalue weighted by atomic mass is 32.1. The second kappa shape index (κ2) is 5.86. The summed E-state index contributed by atoms with van der Waals surface area (Å²) in [6.07, 6.45) is 3.20. The van der Waals surface area contributed by atoms with Crippen LogP contribution in [0.3, 0.4) is 0 Å². The van der Waals surface area contributed by atoms with Crippen molar-refractivity contribution in [2.24, 2.45) is 0 Å². The van der Waals surface area contributed by atoms with Gasteiger partial charge in [0.15, 0.2) is 33.5 Å². The molecule has 5 nitrogen and oxygen atoms in total. The number of carbonyl (C=O) groups excluding carboxylic acids is 2. The molecule has 29 heavy (non-hydrogen) atoms. The third-order valence-electron chi connectivity index (χ3n) is 5.02. The molecule has 0 amide bonds. The van der Waals surface area contributed by atoms with Gasteiger partial charge in [-0.15, -0.1) is 11.3 Å². The molecule has 0 fully saturated rings. The van der Waals surface area contributed by atoms with Crippen molar-refractivity contribution < 1.29 is 18.4 Å². The Morgan fingerprint density at radius 1 is 0.862 bits per heavy atom. The van der Waals surface area contributed by atoms with E-state index >= 15 is 0 Å². The third kappa shape index (κ3) is 2.43. The van der Waals surface area contributed by atoms with E-state index in [4.69, 9.17) is 8.83 Å². The van der Waals surface area contributed by atoms with Crippen molar-refractivity contribution in [3.05, 3.63) is 82.6 Å². The van der Waals surface area contributed by atoms with Gasteiger partial charge in [0, 0.05) is 34.8 Å². The van der Waals surface area contributed by atoms with E-state index in [2.05, 4.69) is 4.98 Å². The molecule has 0 saturated heterocycles. The molecule has 6 rings (SSSR count). The number of ketones is 2. The summed E-state index contributed by atoms with van der Waals surface area (Å²) in [7, 11) is 0. The van der Waals surface area contributed by atoms with Crippen LogP contribution in [0.15, 0.2) is 74.5 Å². The molecule has 1 aliphatic carbocycles. The average molecular weight is 397 g/mol. The quantitative estimate of drug-likeness (QED) is 0.279. The molecular weight excluding hydrogens is 386 g/mol. The van der Waals surface area contributed by atoms with Gasteiger partial charge < -0.3 is 8.83 Å². The Labute approximate surface area is 167 Å². The number of hydrogen-bond donors (Lipinski definition) is 0. The van der Waals surface area contributed by atoms with Crippen LogP contribution in [0, 0.1) is 0 Å². The zero-order valence-corrected chi connectivity index (χ0v) is 15.7. The van der Waals surface area contributed by atoms with E-state index in [1.165, 1.54) is 17.4 Å². The van der Waals surface area contributed by atoms with Crippen LogP contribution in [0.2, 0.25) is 0 Å². The van der Waals surface area contributed by atoms with Crippen LogP contribution >= 0.6 is 11.3 Å². The first kappa shape index (κ1) is 16.2. The lowest BCUT2D eigenvalue weighted by Crippen LogP contribution is -1.99. The molecule has 0 spiro atoms. The van der Waals surface area contributed by atoms with Gasteiger partial charge in [-0.1, -0.05) is 24.3 Å². The van der Waals surface area contributed by atoms with Crippen molar-refractivity contribution >= 4 is 50.9 Å². The fourth-order valence-electron chi connectivity index (χ4n) is 3.66. The van der Waals surface area contributed by atoms with Gasteiger partial charge in [0.25, 0.3) is 0 Å². The minimum Gasteiger partial charge on any atom is -0.453 e. The number of Topliss-reactive ketones (excluding diaryl/α,β-unsaturated/α-hetero) is 2. The van der Waals surface area contributed by atoms with Crippen molar-refractivity contribution in [2.75, 3.05) is 0 Å². The smallest absolute Gasteiger partial charge is 0.197 e. The maximum absolute atomic E-state index is 12.9. The zero-order chi connectivity index (χ0) is 19.5. The van der Waals surface area contributed by atoms with E-state index in [1.807, 2.05) is 29.6 Å². The van der Waals surface area contributed by atoms with E-state index in [0.717, 1.165) is 15.8 Å². The van der Waals surface area contributed by atoms with Crippen LogP contribution in [0.1, 0.15) is 26.5 Å². The van der Waals surface area contributed by atoms with Gasteiger partial charge in [-0.25, -0.2) is 4.98 Å². The largest absolute Gasteiger partial charge is 0.453 e. The van der Waals surface area contributed by atoms with Gasteiger partial charge >= 0.3 is 0 Å². The van der Waals surface area contributed by atoms with Gasteiger partial charge in [0.1, 0.15) is 5.76 Å². The number of carbonyl (C=O) groups is 2. The summed E-state index contributed by atoms with van der Waals surface area (Å²) in [5.41, 5.74) is 2.06. The molecule has 0 atom stereocenters. The molecule has 3 heterocycles. The number of rotatable bonds is 2. The summed E-state index contributed by atoms with van der Waals surface area (Å²) < 4.78 is 11.6. The molecule has 0 bridgehead atoms. The first-order valence-electron chi connectivity index (χ1n) is 8.94. The monoisotopic (exact) mass is 397 g/mol. The summed E-state index contributed by atoms with van der Waals surface area (Å²) in [6, 6.07) is 14.7. The van der Waals surface area contributed by atoms with Gasteiger partial charge in [-0.2, -0.15) is 0 Å². The molecule has 6 heteroatoms. The van der Waals surface area contributed by atoms with Crippen molar-refractivity contribution in [3.63, 3.8) is 0 Å². The van der Waals surface area contributed by atoms with Gasteiger partial charge in [0.2, 0.25) is 0 Å². The summed E-state index contributed by atoms with van der Waals surface area (Å²) in [5, 5.41) is 4.49. The second-order valence-electron chi connectivity index (χ2n) is 6.79. The molecule has 0 N–H and O–H groups in total. The summed E-state index contributed by atoms with van der Waals surface area (Å²) in [4.78, 5) is 29.9. The second-order valence-corrected chi connectivity index (χ2v) is 7.68. The SMILES string of the molecule is O=C1C(=Cc2cc3oc(-c4nccs4)cc3o2)C(=O)c2cc3ccccc3cc21. The van der Waals surface area contributed by atoms with Crippen LogP contribution in [-0.4, -0.2) is 16.6 Å². The summed E-state index contributed by atoms with van der Waals surface area (Å²) >= 11 is 1.47. The minimum absolute atomic E-state index is 0.104. The highest BCUT2D eigenvalue weighted by Gasteiger charge is 2.33. The summed E-state index contributed by atoms with van der Waals surface area (Å²) in [5.74, 6) is 0.457. The number of fused-ring (bicyclic) bond motifs is 3. The predicted molar refractivity (Wildman–Crippen MR) is 110 cm³/mol. The maximum Gasteiger partial charge on any atom is 0.197 e.